The SMILES string of the molecule is N#Cc1cccc2nsnc12. The van der Waals surface area contributed by atoms with E-state index in [4.69, 9.17) is 5.26 Å². The Hall–Kier alpha value is -1.47. The summed E-state index contributed by atoms with van der Waals surface area (Å²) in [5.74, 6) is 0. The highest BCUT2D eigenvalue weighted by molar-refractivity contribution is 7.00. The minimum absolute atomic E-state index is 0.594. The number of nitrogens with zero attached hydrogens (tertiary/aromatic N) is 3. The van der Waals surface area contributed by atoms with Crippen LogP contribution in [0.4, 0.5) is 0 Å². The molecule has 2 aromatic rings. The second-order valence-corrected chi connectivity index (χ2v) is 2.58. The van der Waals surface area contributed by atoms with Gasteiger partial charge in [-0.25, -0.2) is 0 Å². The van der Waals surface area contributed by atoms with Crippen molar-refractivity contribution >= 4 is 22.8 Å². The maximum atomic E-state index is 8.64. The third-order valence-corrected chi connectivity index (χ3v) is 1.95. The van der Waals surface area contributed by atoms with Crippen LogP contribution in [0.5, 0.6) is 0 Å². The lowest BCUT2D eigenvalue weighted by Crippen LogP contribution is -1.75. The second-order valence-electron chi connectivity index (χ2n) is 2.05. The molecule has 4 heteroatoms. The predicted molar refractivity (Wildman–Crippen MR) is 42.1 cm³/mol. The molecule has 0 radical (unpaired) electrons. The summed E-state index contributed by atoms with van der Waals surface area (Å²) in [6.45, 7) is 0. The van der Waals surface area contributed by atoms with Gasteiger partial charge in [0, 0.05) is 0 Å². The van der Waals surface area contributed by atoms with Crippen LogP contribution in [0.1, 0.15) is 5.56 Å². The largest absolute Gasteiger partial charge is 0.192 e. The van der Waals surface area contributed by atoms with Crippen LogP contribution >= 0.6 is 11.7 Å². The van der Waals surface area contributed by atoms with E-state index in [1.807, 2.05) is 12.1 Å². The highest BCUT2D eigenvalue weighted by Crippen LogP contribution is 2.14. The first-order chi connectivity index (χ1) is 5.42. The Morgan fingerprint density at radius 2 is 2.27 bits per heavy atom. The van der Waals surface area contributed by atoms with E-state index in [2.05, 4.69) is 14.8 Å². The first kappa shape index (κ1) is 6.25. The Labute approximate surface area is 67.2 Å². The third kappa shape index (κ3) is 0.863. The normalized spacial score (nSPS) is 9.73. The molecule has 0 N–H and O–H groups in total. The van der Waals surface area contributed by atoms with E-state index in [-0.39, 0.29) is 0 Å². The molecule has 0 fully saturated rings. The van der Waals surface area contributed by atoms with Gasteiger partial charge in [0.15, 0.2) is 0 Å². The molecule has 0 bridgehead atoms. The van der Waals surface area contributed by atoms with E-state index >= 15 is 0 Å². The van der Waals surface area contributed by atoms with Gasteiger partial charge in [-0.3, -0.25) is 0 Å². The van der Waals surface area contributed by atoms with E-state index in [9.17, 15) is 0 Å². The number of fused-ring (bicyclic) bond motifs is 1. The molecular weight excluding hydrogens is 158 g/mol. The number of hydrogen-bond acceptors (Lipinski definition) is 4. The fourth-order valence-corrected chi connectivity index (χ4v) is 1.45. The molecule has 1 aromatic carbocycles. The number of nitriles is 1. The highest BCUT2D eigenvalue weighted by Gasteiger charge is 2.01. The van der Waals surface area contributed by atoms with E-state index < -0.39 is 0 Å². The van der Waals surface area contributed by atoms with Gasteiger partial charge in [0.25, 0.3) is 0 Å². The molecule has 0 atom stereocenters. The van der Waals surface area contributed by atoms with E-state index in [1.54, 1.807) is 6.07 Å². The smallest absolute Gasteiger partial charge is 0.122 e. The minimum Gasteiger partial charge on any atom is -0.192 e. The summed E-state index contributed by atoms with van der Waals surface area (Å²) in [6, 6.07) is 7.45. The Morgan fingerprint density at radius 3 is 3.09 bits per heavy atom. The fourth-order valence-electron chi connectivity index (χ4n) is 0.896. The van der Waals surface area contributed by atoms with Crippen LogP contribution in [0.2, 0.25) is 0 Å². The van der Waals surface area contributed by atoms with Crippen LogP contribution < -0.4 is 0 Å². The molecule has 2 rings (SSSR count). The van der Waals surface area contributed by atoms with Crippen LogP contribution in [-0.4, -0.2) is 8.75 Å². The number of hydrogen-bond donors (Lipinski definition) is 0. The van der Waals surface area contributed by atoms with Crippen LogP contribution in [0.3, 0.4) is 0 Å². The van der Waals surface area contributed by atoms with E-state index in [0.717, 1.165) is 17.2 Å². The molecule has 1 heterocycles. The summed E-state index contributed by atoms with van der Waals surface area (Å²) in [5, 5.41) is 8.64. The molecule has 0 aliphatic heterocycles. The molecule has 52 valence electrons. The fraction of sp³-hybridized carbons (Fsp3) is 0. The molecule has 0 spiro atoms. The number of aromatic nitrogens is 2. The van der Waals surface area contributed by atoms with Crippen molar-refractivity contribution in [2.75, 3.05) is 0 Å². The van der Waals surface area contributed by atoms with E-state index in [0.29, 0.717) is 11.1 Å². The molecule has 0 aliphatic rings. The van der Waals surface area contributed by atoms with Crippen molar-refractivity contribution < 1.29 is 0 Å². The first-order valence-electron chi connectivity index (χ1n) is 3.03. The lowest BCUT2D eigenvalue weighted by Gasteiger charge is -1.86. The zero-order valence-electron chi connectivity index (χ0n) is 5.48. The number of benzene rings is 1. The van der Waals surface area contributed by atoms with Crippen molar-refractivity contribution in [1.29, 1.82) is 5.26 Å². The molecule has 0 amide bonds. The maximum absolute atomic E-state index is 8.64. The topological polar surface area (TPSA) is 49.6 Å². The van der Waals surface area contributed by atoms with Crippen molar-refractivity contribution in [3.05, 3.63) is 23.8 Å². The highest BCUT2D eigenvalue weighted by atomic mass is 32.1. The van der Waals surface area contributed by atoms with Crippen LogP contribution in [0.15, 0.2) is 18.2 Å². The van der Waals surface area contributed by atoms with Crippen LogP contribution in [0.25, 0.3) is 11.0 Å². The van der Waals surface area contributed by atoms with E-state index in [1.165, 1.54) is 0 Å². The second kappa shape index (κ2) is 2.29. The zero-order valence-corrected chi connectivity index (χ0v) is 6.30. The van der Waals surface area contributed by atoms with Gasteiger partial charge >= 0.3 is 0 Å². The molecule has 11 heavy (non-hydrogen) atoms. The lowest BCUT2D eigenvalue weighted by molar-refractivity contribution is 1.49. The Kier molecular flexibility index (Phi) is 1.30. The third-order valence-electron chi connectivity index (χ3n) is 1.41. The van der Waals surface area contributed by atoms with Gasteiger partial charge in [-0.05, 0) is 12.1 Å². The van der Waals surface area contributed by atoms with Crippen molar-refractivity contribution in [3.63, 3.8) is 0 Å². The molecular formula is C7H3N3S. The minimum atomic E-state index is 0.594. The van der Waals surface area contributed by atoms with Gasteiger partial charge in [-0.15, -0.1) is 0 Å². The summed E-state index contributed by atoms with van der Waals surface area (Å²) in [5.41, 5.74) is 2.10. The monoisotopic (exact) mass is 161 g/mol. The average molecular weight is 161 g/mol. The average Bonchev–Trinajstić information content (AvgIpc) is 2.50. The van der Waals surface area contributed by atoms with Gasteiger partial charge in [-0.1, -0.05) is 6.07 Å². The Balaban J connectivity index is 2.92. The first-order valence-corrected chi connectivity index (χ1v) is 3.76. The molecule has 1 aromatic heterocycles. The number of rotatable bonds is 0. The van der Waals surface area contributed by atoms with Crippen molar-refractivity contribution in [1.82, 2.24) is 8.75 Å². The quantitative estimate of drug-likeness (QED) is 0.589. The zero-order chi connectivity index (χ0) is 7.68. The standard InChI is InChI=1S/C7H3N3S/c8-4-5-2-1-3-6-7(5)10-11-9-6/h1-3H. The van der Waals surface area contributed by atoms with Crippen LogP contribution in [-0.2, 0) is 0 Å². The predicted octanol–water partition coefficient (Wildman–Crippen LogP) is 1.56. The summed E-state index contributed by atoms with van der Waals surface area (Å²) in [4.78, 5) is 0. The summed E-state index contributed by atoms with van der Waals surface area (Å²) in [6.07, 6.45) is 0. The van der Waals surface area contributed by atoms with Gasteiger partial charge in [0.1, 0.15) is 17.1 Å². The van der Waals surface area contributed by atoms with Gasteiger partial charge in [0.2, 0.25) is 0 Å². The molecule has 0 saturated heterocycles. The Bertz CT molecular complexity index is 426. The summed E-state index contributed by atoms with van der Waals surface area (Å²) >= 11 is 1.13. The maximum Gasteiger partial charge on any atom is 0.122 e. The molecule has 3 nitrogen and oxygen atoms in total. The van der Waals surface area contributed by atoms with Gasteiger partial charge < -0.3 is 0 Å². The molecule has 0 aliphatic carbocycles. The summed E-state index contributed by atoms with van der Waals surface area (Å²) in [7, 11) is 0. The van der Waals surface area contributed by atoms with Crippen molar-refractivity contribution in [2.24, 2.45) is 0 Å². The Morgan fingerprint density at radius 1 is 1.36 bits per heavy atom. The molecule has 0 saturated carbocycles. The summed E-state index contributed by atoms with van der Waals surface area (Å²) < 4.78 is 8.00. The lowest BCUT2D eigenvalue weighted by atomic mass is 10.2. The molecule has 0 unspecified atom stereocenters. The van der Waals surface area contributed by atoms with Crippen LogP contribution in [0, 0.1) is 11.3 Å². The van der Waals surface area contributed by atoms with Gasteiger partial charge in [0.05, 0.1) is 17.3 Å². The van der Waals surface area contributed by atoms with Crippen molar-refractivity contribution in [3.8, 4) is 6.07 Å². The van der Waals surface area contributed by atoms with Gasteiger partial charge in [-0.2, -0.15) is 14.0 Å². The van der Waals surface area contributed by atoms with Crippen molar-refractivity contribution in [2.45, 2.75) is 0 Å².